The standard InChI is InChI=1S/C10H8N2O/c11-7-9(10(12)13)6-8-4-2-1-3-5-8/h1-6H,(H2,12,13)/b9-6-. The van der Waals surface area contributed by atoms with E-state index >= 15 is 0 Å². The number of rotatable bonds is 2. The predicted octanol–water partition coefficient (Wildman–Crippen LogP) is 1.08. The Balaban J connectivity index is 3.01. The molecule has 0 fully saturated rings. The van der Waals surface area contributed by atoms with E-state index in [1.54, 1.807) is 18.2 Å². The first kappa shape index (κ1) is 9.01. The lowest BCUT2D eigenvalue weighted by Gasteiger charge is -1.92. The number of primary amides is 1. The quantitative estimate of drug-likeness (QED) is 0.535. The third-order valence-electron chi connectivity index (χ3n) is 1.50. The molecule has 0 aromatic heterocycles. The smallest absolute Gasteiger partial charge is 0.259 e. The van der Waals surface area contributed by atoms with E-state index < -0.39 is 5.91 Å². The van der Waals surface area contributed by atoms with E-state index in [9.17, 15) is 4.79 Å². The molecule has 0 heterocycles. The Morgan fingerprint density at radius 1 is 1.38 bits per heavy atom. The van der Waals surface area contributed by atoms with Crippen molar-refractivity contribution in [2.75, 3.05) is 0 Å². The molecule has 2 N–H and O–H groups in total. The SMILES string of the molecule is N#C/C(=C/c1ccccc1)C(N)=O. The topological polar surface area (TPSA) is 66.9 Å². The molecule has 13 heavy (non-hydrogen) atoms. The van der Waals surface area contributed by atoms with E-state index in [0.29, 0.717) is 0 Å². The summed E-state index contributed by atoms with van der Waals surface area (Å²) in [4.78, 5) is 10.7. The van der Waals surface area contributed by atoms with Gasteiger partial charge in [0.2, 0.25) is 0 Å². The van der Waals surface area contributed by atoms with Crippen LogP contribution in [-0.2, 0) is 4.79 Å². The minimum atomic E-state index is -0.702. The Morgan fingerprint density at radius 2 is 2.00 bits per heavy atom. The molecule has 0 aliphatic carbocycles. The lowest BCUT2D eigenvalue weighted by Crippen LogP contribution is -2.12. The number of nitriles is 1. The van der Waals surface area contributed by atoms with Crippen molar-refractivity contribution >= 4 is 12.0 Å². The highest BCUT2D eigenvalue weighted by molar-refractivity contribution is 6.00. The van der Waals surface area contributed by atoms with Gasteiger partial charge in [0, 0.05) is 0 Å². The molecule has 64 valence electrons. The van der Waals surface area contributed by atoms with E-state index in [-0.39, 0.29) is 5.57 Å². The molecule has 0 radical (unpaired) electrons. The van der Waals surface area contributed by atoms with Crippen LogP contribution in [0.5, 0.6) is 0 Å². The van der Waals surface area contributed by atoms with Crippen molar-refractivity contribution in [2.45, 2.75) is 0 Å². The van der Waals surface area contributed by atoms with Gasteiger partial charge < -0.3 is 5.73 Å². The van der Waals surface area contributed by atoms with Gasteiger partial charge in [-0.15, -0.1) is 0 Å². The van der Waals surface area contributed by atoms with Crippen LogP contribution in [-0.4, -0.2) is 5.91 Å². The molecule has 3 heteroatoms. The highest BCUT2D eigenvalue weighted by Gasteiger charge is 2.01. The summed E-state index contributed by atoms with van der Waals surface area (Å²) in [5.41, 5.74) is 5.72. The lowest BCUT2D eigenvalue weighted by molar-refractivity contribution is -0.114. The number of carbonyl (C=O) groups is 1. The van der Waals surface area contributed by atoms with Crippen molar-refractivity contribution in [1.29, 1.82) is 5.26 Å². The number of hydrogen-bond acceptors (Lipinski definition) is 2. The highest BCUT2D eigenvalue weighted by Crippen LogP contribution is 2.04. The van der Waals surface area contributed by atoms with Crippen LogP contribution >= 0.6 is 0 Å². The number of benzene rings is 1. The Labute approximate surface area is 76.1 Å². The van der Waals surface area contributed by atoms with Crippen LogP contribution in [0, 0.1) is 11.3 Å². The number of carbonyl (C=O) groups excluding carboxylic acids is 1. The van der Waals surface area contributed by atoms with Crippen molar-refractivity contribution in [3.05, 3.63) is 41.5 Å². The van der Waals surface area contributed by atoms with Gasteiger partial charge in [0.15, 0.2) is 0 Å². The largest absolute Gasteiger partial charge is 0.365 e. The fraction of sp³-hybridized carbons (Fsp3) is 0. The first-order chi connectivity index (χ1) is 6.24. The third-order valence-corrected chi connectivity index (χ3v) is 1.50. The summed E-state index contributed by atoms with van der Waals surface area (Å²) in [6, 6.07) is 10.8. The van der Waals surface area contributed by atoms with Crippen LogP contribution in [0.4, 0.5) is 0 Å². The van der Waals surface area contributed by atoms with Gasteiger partial charge in [-0.25, -0.2) is 0 Å². The lowest BCUT2D eigenvalue weighted by atomic mass is 10.1. The summed E-state index contributed by atoms with van der Waals surface area (Å²) in [7, 11) is 0. The number of nitrogens with zero attached hydrogens (tertiary/aromatic N) is 1. The van der Waals surface area contributed by atoms with Crippen molar-refractivity contribution in [1.82, 2.24) is 0 Å². The summed E-state index contributed by atoms with van der Waals surface area (Å²) in [6.07, 6.45) is 1.46. The monoisotopic (exact) mass is 172 g/mol. The van der Waals surface area contributed by atoms with Gasteiger partial charge in [0.1, 0.15) is 11.6 Å². The number of amides is 1. The predicted molar refractivity (Wildman–Crippen MR) is 49.2 cm³/mol. The van der Waals surface area contributed by atoms with Crippen LogP contribution in [0.1, 0.15) is 5.56 Å². The Bertz CT molecular complexity index is 374. The minimum Gasteiger partial charge on any atom is -0.365 e. The van der Waals surface area contributed by atoms with Gasteiger partial charge in [0.05, 0.1) is 0 Å². The third kappa shape index (κ3) is 2.46. The highest BCUT2D eigenvalue weighted by atomic mass is 16.1. The van der Waals surface area contributed by atoms with Gasteiger partial charge in [-0.1, -0.05) is 30.3 Å². The fourth-order valence-corrected chi connectivity index (χ4v) is 0.874. The van der Waals surface area contributed by atoms with Gasteiger partial charge in [0.25, 0.3) is 5.91 Å². The fourth-order valence-electron chi connectivity index (χ4n) is 0.874. The molecule has 0 spiro atoms. The molecule has 1 aromatic rings. The van der Waals surface area contributed by atoms with Crippen molar-refractivity contribution in [3.63, 3.8) is 0 Å². The molecule has 1 rings (SSSR count). The number of hydrogen-bond donors (Lipinski definition) is 1. The average Bonchev–Trinajstić information content (AvgIpc) is 2.15. The van der Waals surface area contributed by atoms with E-state index in [2.05, 4.69) is 0 Å². The van der Waals surface area contributed by atoms with Crippen molar-refractivity contribution in [2.24, 2.45) is 5.73 Å². The first-order valence-electron chi connectivity index (χ1n) is 3.70. The summed E-state index contributed by atoms with van der Waals surface area (Å²) in [6.45, 7) is 0. The zero-order chi connectivity index (χ0) is 9.68. The minimum absolute atomic E-state index is 0.0359. The summed E-state index contributed by atoms with van der Waals surface area (Å²) in [5, 5.41) is 8.54. The Hall–Kier alpha value is -2.08. The molecule has 0 saturated heterocycles. The summed E-state index contributed by atoms with van der Waals surface area (Å²) < 4.78 is 0. The van der Waals surface area contributed by atoms with Crippen molar-refractivity contribution in [3.8, 4) is 6.07 Å². The molecule has 1 aromatic carbocycles. The molecule has 0 aliphatic heterocycles. The van der Waals surface area contributed by atoms with Crippen LogP contribution in [0.15, 0.2) is 35.9 Å². The molecule has 0 aliphatic rings. The maximum absolute atomic E-state index is 10.7. The van der Waals surface area contributed by atoms with E-state index in [1.165, 1.54) is 6.08 Å². The Kier molecular flexibility index (Phi) is 2.82. The molecule has 3 nitrogen and oxygen atoms in total. The van der Waals surface area contributed by atoms with Crippen molar-refractivity contribution < 1.29 is 4.79 Å². The molecular weight excluding hydrogens is 164 g/mol. The maximum Gasteiger partial charge on any atom is 0.259 e. The molecule has 0 atom stereocenters. The normalized spacial score (nSPS) is 10.5. The van der Waals surface area contributed by atoms with Gasteiger partial charge >= 0.3 is 0 Å². The number of nitrogens with two attached hydrogens (primary N) is 1. The van der Waals surface area contributed by atoms with E-state index in [4.69, 9.17) is 11.0 Å². The molecule has 0 unspecified atom stereocenters. The zero-order valence-corrected chi connectivity index (χ0v) is 6.90. The molecule has 1 amide bonds. The molecular formula is C10H8N2O. The van der Waals surface area contributed by atoms with Crippen LogP contribution in [0.25, 0.3) is 6.08 Å². The van der Waals surface area contributed by atoms with Crippen LogP contribution in [0.3, 0.4) is 0 Å². The summed E-state index contributed by atoms with van der Waals surface area (Å²) in [5.74, 6) is -0.702. The second kappa shape index (κ2) is 4.07. The van der Waals surface area contributed by atoms with Gasteiger partial charge in [-0.05, 0) is 11.6 Å². The van der Waals surface area contributed by atoms with Crippen LogP contribution in [0.2, 0.25) is 0 Å². The molecule has 0 bridgehead atoms. The maximum atomic E-state index is 10.7. The van der Waals surface area contributed by atoms with Crippen LogP contribution < -0.4 is 5.73 Å². The van der Waals surface area contributed by atoms with Gasteiger partial charge in [-0.2, -0.15) is 5.26 Å². The van der Waals surface area contributed by atoms with E-state index in [1.807, 2.05) is 18.2 Å². The van der Waals surface area contributed by atoms with E-state index in [0.717, 1.165) is 5.56 Å². The summed E-state index contributed by atoms with van der Waals surface area (Å²) >= 11 is 0. The second-order valence-corrected chi connectivity index (χ2v) is 2.44. The first-order valence-corrected chi connectivity index (χ1v) is 3.70. The second-order valence-electron chi connectivity index (χ2n) is 2.44. The zero-order valence-electron chi connectivity index (χ0n) is 6.90. The average molecular weight is 172 g/mol. The Morgan fingerprint density at radius 3 is 2.46 bits per heavy atom. The van der Waals surface area contributed by atoms with Gasteiger partial charge in [-0.3, -0.25) is 4.79 Å². The molecule has 0 saturated carbocycles.